The molecule has 0 unspecified atom stereocenters. The predicted molar refractivity (Wildman–Crippen MR) is 91.7 cm³/mol. The number of fused-ring (bicyclic) bond motifs is 1. The molecule has 1 atom stereocenters. The molecule has 124 valence electrons. The molecule has 4 N–H and O–H groups in total. The highest BCUT2D eigenvalue weighted by Gasteiger charge is 2.25. The maximum Gasteiger partial charge on any atom is 0.243 e. The molecule has 0 radical (unpaired) electrons. The molecular formula is C16H20N8. The monoisotopic (exact) mass is 324 g/mol. The molecule has 8 heteroatoms. The Morgan fingerprint density at radius 2 is 2.21 bits per heavy atom. The van der Waals surface area contributed by atoms with Gasteiger partial charge in [-0.2, -0.15) is 10.1 Å². The molecule has 0 aromatic carbocycles. The van der Waals surface area contributed by atoms with E-state index >= 15 is 0 Å². The van der Waals surface area contributed by atoms with E-state index in [4.69, 9.17) is 0 Å². The maximum absolute atomic E-state index is 4.67. The van der Waals surface area contributed by atoms with Gasteiger partial charge in [-0.1, -0.05) is 0 Å². The molecule has 3 aromatic rings. The second-order valence-electron chi connectivity index (χ2n) is 6.56. The van der Waals surface area contributed by atoms with Crippen LogP contribution in [0.5, 0.6) is 0 Å². The number of hydrogen-bond donors (Lipinski definition) is 4. The first-order chi connectivity index (χ1) is 11.8. The molecule has 0 spiro atoms. The molecule has 4 heterocycles. The Morgan fingerprint density at radius 3 is 3.04 bits per heavy atom. The quantitative estimate of drug-likeness (QED) is 0.572. The van der Waals surface area contributed by atoms with Gasteiger partial charge >= 0.3 is 0 Å². The zero-order valence-corrected chi connectivity index (χ0v) is 13.3. The van der Waals surface area contributed by atoms with E-state index in [9.17, 15) is 0 Å². The van der Waals surface area contributed by atoms with Crippen LogP contribution in [0.4, 0.5) is 17.6 Å². The lowest BCUT2D eigenvalue weighted by Crippen LogP contribution is -2.24. The van der Waals surface area contributed by atoms with Crippen molar-refractivity contribution < 1.29 is 0 Å². The average Bonchev–Trinajstić information content (AvgIpc) is 3.00. The normalized spacial score (nSPS) is 20.6. The van der Waals surface area contributed by atoms with Gasteiger partial charge in [-0.25, -0.2) is 4.52 Å². The molecule has 2 aliphatic rings. The van der Waals surface area contributed by atoms with Crippen LogP contribution in [-0.4, -0.2) is 43.9 Å². The van der Waals surface area contributed by atoms with Gasteiger partial charge in [0.1, 0.15) is 5.52 Å². The summed E-state index contributed by atoms with van der Waals surface area (Å²) in [7, 11) is 0. The molecule has 0 amide bonds. The third-order valence-electron chi connectivity index (χ3n) is 4.65. The van der Waals surface area contributed by atoms with Gasteiger partial charge in [0, 0.05) is 36.5 Å². The first-order valence-corrected chi connectivity index (χ1v) is 8.50. The molecule has 1 aliphatic heterocycles. The van der Waals surface area contributed by atoms with Crippen LogP contribution >= 0.6 is 0 Å². The minimum Gasteiger partial charge on any atom is -0.349 e. The molecule has 8 nitrogen and oxygen atoms in total. The average molecular weight is 324 g/mol. The fourth-order valence-corrected chi connectivity index (χ4v) is 3.17. The van der Waals surface area contributed by atoms with Crippen LogP contribution in [0.3, 0.4) is 0 Å². The molecular weight excluding hydrogens is 304 g/mol. The van der Waals surface area contributed by atoms with Crippen LogP contribution in [0.25, 0.3) is 5.52 Å². The van der Waals surface area contributed by atoms with Crippen molar-refractivity contribution in [2.45, 2.75) is 31.2 Å². The number of hydrogen-bond acceptors (Lipinski definition) is 6. The van der Waals surface area contributed by atoms with Crippen molar-refractivity contribution >= 4 is 23.1 Å². The minimum absolute atomic E-state index is 0.373. The standard InChI is InChI=1S/C16H20N8/c1-2-13-15(19-14-8-12(21-22-14)10-3-4-10)20-16(23-24(13)7-1)18-11-5-6-17-9-11/h1-2,7-8,10-11,17H,3-6,9H2,(H3,18,19,20,21,22,23)/t11-/m1/s1. The van der Waals surface area contributed by atoms with Crippen molar-refractivity contribution in [2.75, 3.05) is 23.7 Å². The summed E-state index contributed by atoms with van der Waals surface area (Å²) in [6, 6.07) is 6.42. The van der Waals surface area contributed by atoms with Crippen molar-refractivity contribution in [2.24, 2.45) is 0 Å². The summed E-state index contributed by atoms with van der Waals surface area (Å²) in [4.78, 5) is 4.67. The third-order valence-corrected chi connectivity index (χ3v) is 4.65. The molecule has 2 fully saturated rings. The van der Waals surface area contributed by atoms with E-state index in [1.807, 2.05) is 22.8 Å². The summed E-state index contributed by atoms with van der Waals surface area (Å²) < 4.78 is 1.84. The summed E-state index contributed by atoms with van der Waals surface area (Å²) >= 11 is 0. The lowest BCUT2D eigenvalue weighted by atomic mass is 10.3. The van der Waals surface area contributed by atoms with Gasteiger partial charge in [-0.05, 0) is 37.9 Å². The number of aromatic nitrogens is 5. The summed E-state index contributed by atoms with van der Waals surface area (Å²) in [5.41, 5.74) is 2.13. The highest BCUT2D eigenvalue weighted by Crippen LogP contribution is 2.39. The van der Waals surface area contributed by atoms with Crippen LogP contribution in [0.2, 0.25) is 0 Å². The Balaban J connectivity index is 1.44. The maximum atomic E-state index is 4.67. The Hall–Kier alpha value is -2.61. The van der Waals surface area contributed by atoms with Crippen LogP contribution in [0.1, 0.15) is 30.9 Å². The highest BCUT2D eigenvalue weighted by atomic mass is 15.3. The Bertz CT molecular complexity index is 856. The van der Waals surface area contributed by atoms with E-state index in [0.29, 0.717) is 17.9 Å². The van der Waals surface area contributed by atoms with Crippen molar-refractivity contribution in [3.8, 4) is 0 Å². The van der Waals surface area contributed by atoms with Crippen molar-refractivity contribution in [1.82, 2.24) is 30.1 Å². The molecule has 5 rings (SSSR count). The fraction of sp³-hybridized carbons (Fsp3) is 0.438. The second kappa shape index (κ2) is 5.48. The van der Waals surface area contributed by atoms with E-state index in [2.05, 4.69) is 42.3 Å². The zero-order valence-electron chi connectivity index (χ0n) is 13.3. The van der Waals surface area contributed by atoms with E-state index in [0.717, 1.165) is 36.7 Å². The van der Waals surface area contributed by atoms with Gasteiger partial charge in [-0.3, -0.25) is 5.10 Å². The topological polar surface area (TPSA) is 95.0 Å². The second-order valence-corrected chi connectivity index (χ2v) is 6.56. The predicted octanol–water partition coefficient (Wildman–Crippen LogP) is 1.85. The van der Waals surface area contributed by atoms with Crippen LogP contribution in [0.15, 0.2) is 24.4 Å². The van der Waals surface area contributed by atoms with E-state index in [-0.39, 0.29) is 0 Å². The van der Waals surface area contributed by atoms with Gasteiger partial charge in [0.05, 0.1) is 0 Å². The number of nitrogens with zero attached hydrogens (tertiary/aromatic N) is 4. The first-order valence-electron chi connectivity index (χ1n) is 8.50. The van der Waals surface area contributed by atoms with Gasteiger partial charge in [0.2, 0.25) is 5.95 Å². The lowest BCUT2D eigenvalue weighted by Gasteiger charge is -2.13. The first kappa shape index (κ1) is 13.8. The molecule has 0 bridgehead atoms. The minimum atomic E-state index is 0.373. The van der Waals surface area contributed by atoms with Crippen LogP contribution in [0, 0.1) is 0 Å². The van der Waals surface area contributed by atoms with E-state index < -0.39 is 0 Å². The summed E-state index contributed by atoms with van der Waals surface area (Å²) in [6.45, 7) is 1.98. The Kier molecular flexibility index (Phi) is 3.15. The summed E-state index contributed by atoms with van der Waals surface area (Å²) in [5.74, 6) is 2.84. The highest BCUT2D eigenvalue weighted by molar-refractivity contribution is 5.73. The van der Waals surface area contributed by atoms with Gasteiger partial charge in [0.25, 0.3) is 0 Å². The van der Waals surface area contributed by atoms with Crippen molar-refractivity contribution in [1.29, 1.82) is 0 Å². The SMILES string of the molecule is c1cc2c(Nc3cc(C4CC4)[nH]n3)nc(N[C@@H]3CCNC3)nn2c1. The van der Waals surface area contributed by atoms with Crippen LogP contribution in [-0.2, 0) is 0 Å². The molecule has 1 aliphatic carbocycles. The van der Waals surface area contributed by atoms with E-state index in [1.54, 1.807) is 0 Å². The number of rotatable bonds is 5. The summed E-state index contributed by atoms with van der Waals surface area (Å²) in [5, 5.41) is 22.1. The van der Waals surface area contributed by atoms with Gasteiger partial charge in [0.15, 0.2) is 11.6 Å². The number of H-pyrrole nitrogens is 1. The number of aromatic amines is 1. The van der Waals surface area contributed by atoms with Gasteiger partial charge in [-0.15, -0.1) is 5.10 Å². The molecule has 1 saturated heterocycles. The summed E-state index contributed by atoms with van der Waals surface area (Å²) in [6.07, 6.45) is 5.52. The molecule has 24 heavy (non-hydrogen) atoms. The third kappa shape index (κ3) is 2.58. The smallest absolute Gasteiger partial charge is 0.243 e. The largest absolute Gasteiger partial charge is 0.349 e. The van der Waals surface area contributed by atoms with Crippen molar-refractivity contribution in [3.63, 3.8) is 0 Å². The molecule has 3 aromatic heterocycles. The van der Waals surface area contributed by atoms with Gasteiger partial charge < -0.3 is 16.0 Å². The van der Waals surface area contributed by atoms with Crippen LogP contribution < -0.4 is 16.0 Å². The fourth-order valence-electron chi connectivity index (χ4n) is 3.17. The number of anilines is 3. The number of nitrogens with one attached hydrogen (secondary N) is 4. The van der Waals surface area contributed by atoms with E-state index in [1.165, 1.54) is 18.5 Å². The lowest BCUT2D eigenvalue weighted by molar-refractivity contribution is 0.767. The zero-order chi connectivity index (χ0) is 15.9. The Labute approximate surface area is 139 Å². The molecule has 1 saturated carbocycles. The Morgan fingerprint density at radius 1 is 1.25 bits per heavy atom. The van der Waals surface area contributed by atoms with Crippen molar-refractivity contribution in [3.05, 3.63) is 30.1 Å².